The first kappa shape index (κ1) is 11.8. The van der Waals surface area contributed by atoms with E-state index >= 15 is 0 Å². The number of allylic oxidation sites excluding steroid dienone is 1. The van der Waals surface area contributed by atoms with Gasteiger partial charge in [0.1, 0.15) is 0 Å². The predicted octanol–water partition coefficient (Wildman–Crippen LogP) is 3.64. The van der Waals surface area contributed by atoms with Gasteiger partial charge in [-0.05, 0) is 34.4 Å². The summed E-state index contributed by atoms with van der Waals surface area (Å²) in [5.74, 6) is -0.687. The Morgan fingerprint density at radius 2 is 1.63 bits per heavy atom. The molecule has 1 aliphatic rings. The molecule has 0 aromatic heterocycles. The largest absolute Gasteiger partial charge is 0.285 e. The highest BCUT2D eigenvalue weighted by Gasteiger charge is 2.29. The number of benzene rings is 2. The number of ketones is 2. The number of hydrogen-bond acceptors (Lipinski definition) is 2. The number of rotatable bonds is 1. The van der Waals surface area contributed by atoms with Crippen LogP contribution in [0.5, 0.6) is 0 Å². The van der Waals surface area contributed by atoms with Crippen molar-refractivity contribution in [1.29, 1.82) is 0 Å². The average Bonchev–Trinajstić information content (AvgIpc) is 2.42. The number of hydrogen-bond donors (Lipinski definition) is 0. The van der Waals surface area contributed by atoms with E-state index in [1.807, 2.05) is 50.3 Å². The molecule has 0 bridgehead atoms. The maximum atomic E-state index is 12.2. The van der Waals surface area contributed by atoms with E-state index in [1.165, 1.54) is 0 Å². The summed E-state index contributed by atoms with van der Waals surface area (Å²) in [6.07, 6.45) is 1.88. The van der Waals surface area contributed by atoms with Gasteiger partial charge < -0.3 is 0 Å². The first-order chi connectivity index (χ1) is 9.09. The van der Waals surface area contributed by atoms with E-state index in [9.17, 15) is 9.59 Å². The van der Waals surface area contributed by atoms with Gasteiger partial charge in [0.25, 0.3) is 0 Å². The Morgan fingerprint density at radius 1 is 0.895 bits per heavy atom. The number of fused-ring (bicyclic) bond motifs is 3. The highest BCUT2D eigenvalue weighted by molar-refractivity contribution is 6.52. The third-order valence-electron chi connectivity index (χ3n) is 3.61. The second kappa shape index (κ2) is 4.16. The van der Waals surface area contributed by atoms with Gasteiger partial charge in [0.2, 0.25) is 11.6 Å². The lowest BCUT2D eigenvalue weighted by atomic mass is 9.83. The van der Waals surface area contributed by atoms with Crippen molar-refractivity contribution in [2.24, 2.45) is 5.92 Å². The highest BCUT2D eigenvalue weighted by Crippen LogP contribution is 2.31. The molecule has 3 rings (SSSR count). The first-order valence-corrected chi connectivity index (χ1v) is 6.42. The predicted molar refractivity (Wildman–Crippen MR) is 76.1 cm³/mol. The lowest BCUT2D eigenvalue weighted by molar-refractivity contribution is -0.112. The van der Waals surface area contributed by atoms with E-state index in [2.05, 4.69) is 0 Å². The van der Waals surface area contributed by atoms with Crippen LogP contribution in [0.2, 0.25) is 0 Å². The minimum Gasteiger partial charge on any atom is -0.285 e. The Kier molecular flexibility index (Phi) is 2.59. The van der Waals surface area contributed by atoms with Crippen molar-refractivity contribution in [3.63, 3.8) is 0 Å². The Balaban J connectivity index is 2.38. The molecule has 2 heteroatoms. The van der Waals surface area contributed by atoms with Gasteiger partial charge in [0, 0.05) is 11.1 Å². The van der Waals surface area contributed by atoms with Crippen molar-refractivity contribution in [2.45, 2.75) is 13.8 Å². The molecule has 0 saturated heterocycles. The highest BCUT2D eigenvalue weighted by atomic mass is 16.2. The van der Waals surface area contributed by atoms with Gasteiger partial charge in [0.05, 0.1) is 0 Å². The summed E-state index contributed by atoms with van der Waals surface area (Å²) in [5, 5.41) is 2.11. The normalized spacial score (nSPS) is 14.8. The molecule has 19 heavy (non-hydrogen) atoms. The maximum Gasteiger partial charge on any atom is 0.233 e. The third kappa shape index (κ3) is 1.72. The fourth-order valence-electron chi connectivity index (χ4n) is 2.55. The number of carbonyl (C=O) groups is 2. The molecule has 0 aliphatic heterocycles. The van der Waals surface area contributed by atoms with Crippen molar-refractivity contribution < 1.29 is 9.59 Å². The Hall–Kier alpha value is -2.22. The minimum atomic E-state index is -0.382. The van der Waals surface area contributed by atoms with Gasteiger partial charge in [-0.15, -0.1) is 0 Å². The summed E-state index contributed by atoms with van der Waals surface area (Å²) in [5.41, 5.74) is 2.01. The fourth-order valence-corrected chi connectivity index (χ4v) is 2.55. The molecule has 94 valence electrons. The van der Waals surface area contributed by atoms with Crippen LogP contribution >= 0.6 is 0 Å². The molecule has 0 unspecified atom stereocenters. The van der Waals surface area contributed by atoms with Gasteiger partial charge in [-0.2, -0.15) is 0 Å². The van der Waals surface area contributed by atoms with Gasteiger partial charge in [-0.25, -0.2) is 0 Å². The van der Waals surface area contributed by atoms with Crippen molar-refractivity contribution in [3.05, 3.63) is 53.1 Å². The zero-order valence-corrected chi connectivity index (χ0v) is 10.9. The minimum absolute atomic E-state index is 0.0589. The zero-order valence-electron chi connectivity index (χ0n) is 10.9. The SMILES string of the molecule is CC(C)C1=Cc2c(ccc3ccccc23)C(=O)C1=O. The molecule has 1 aliphatic carbocycles. The summed E-state index contributed by atoms with van der Waals surface area (Å²) < 4.78 is 0. The smallest absolute Gasteiger partial charge is 0.233 e. The van der Waals surface area contributed by atoms with Crippen molar-refractivity contribution in [2.75, 3.05) is 0 Å². The van der Waals surface area contributed by atoms with Crippen molar-refractivity contribution >= 4 is 28.4 Å². The lowest BCUT2D eigenvalue weighted by Gasteiger charge is -2.18. The third-order valence-corrected chi connectivity index (χ3v) is 3.61. The molecule has 0 fully saturated rings. The van der Waals surface area contributed by atoms with Crippen LogP contribution in [0.25, 0.3) is 16.8 Å². The summed E-state index contributed by atoms with van der Waals surface area (Å²) in [6, 6.07) is 11.6. The molecule has 2 aromatic rings. The second-order valence-corrected chi connectivity index (χ2v) is 5.16. The van der Waals surface area contributed by atoms with Crippen LogP contribution in [-0.4, -0.2) is 11.6 Å². The molecule has 2 nitrogen and oxygen atoms in total. The summed E-state index contributed by atoms with van der Waals surface area (Å²) >= 11 is 0. The quantitative estimate of drug-likeness (QED) is 0.724. The molecule has 0 spiro atoms. The lowest BCUT2D eigenvalue weighted by Crippen LogP contribution is -2.24. The van der Waals surface area contributed by atoms with Crippen LogP contribution in [0.4, 0.5) is 0 Å². The summed E-state index contributed by atoms with van der Waals surface area (Å²) in [4.78, 5) is 24.2. The van der Waals surface area contributed by atoms with Crippen LogP contribution in [-0.2, 0) is 4.79 Å². The van der Waals surface area contributed by atoms with Crippen LogP contribution in [0.15, 0.2) is 42.0 Å². The van der Waals surface area contributed by atoms with Crippen LogP contribution < -0.4 is 0 Å². The second-order valence-electron chi connectivity index (χ2n) is 5.16. The molecule has 0 heterocycles. The molecule has 0 atom stereocenters. The first-order valence-electron chi connectivity index (χ1n) is 6.42. The Bertz CT molecular complexity index is 736. The Labute approximate surface area is 111 Å². The monoisotopic (exact) mass is 250 g/mol. The molecule has 0 amide bonds. The molecular weight excluding hydrogens is 236 g/mol. The van der Waals surface area contributed by atoms with Gasteiger partial charge in [-0.1, -0.05) is 44.2 Å². The van der Waals surface area contributed by atoms with E-state index in [1.54, 1.807) is 6.07 Å². The summed E-state index contributed by atoms with van der Waals surface area (Å²) in [6.45, 7) is 3.88. The van der Waals surface area contributed by atoms with E-state index in [0.29, 0.717) is 11.1 Å². The topological polar surface area (TPSA) is 34.1 Å². The van der Waals surface area contributed by atoms with Gasteiger partial charge >= 0.3 is 0 Å². The molecule has 0 saturated carbocycles. The number of Topliss-reactive ketones (excluding diaryl/α,β-unsaturated/α-hetero) is 2. The standard InChI is InChI=1S/C17H14O2/c1-10(2)14-9-15-12-6-4-3-5-11(12)7-8-13(15)16(18)17(14)19/h3-10H,1-2H3. The van der Waals surface area contributed by atoms with Crippen LogP contribution in [0.3, 0.4) is 0 Å². The average molecular weight is 250 g/mol. The molecule has 0 radical (unpaired) electrons. The van der Waals surface area contributed by atoms with Gasteiger partial charge in [0.15, 0.2) is 0 Å². The van der Waals surface area contributed by atoms with E-state index in [4.69, 9.17) is 0 Å². The number of carbonyl (C=O) groups excluding carboxylic acids is 2. The van der Waals surface area contributed by atoms with Crippen LogP contribution in [0, 0.1) is 5.92 Å². The van der Waals surface area contributed by atoms with Crippen molar-refractivity contribution in [1.82, 2.24) is 0 Å². The molecule has 0 N–H and O–H groups in total. The summed E-state index contributed by atoms with van der Waals surface area (Å²) in [7, 11) is 0. The zero-order chi connectivity index (χ0) is 13.6. The van der Waals surface area contributed by atoms with E-state index in [-0.39, 0.29) is 17.5 Å². The fraction of sp³-hybridized carbons (Fsp3) is 0.176. The van der Waals surface area contributed by atoms with E-state index < -0.39 is 0 Å². The maximum absolute atomic E-state index is 12.2. The van der Waals surface area contributed by atoms with E-state index in [0.717, 1.165) is 16.3 Å². The van der Waals surface area contributed by atoms with Crippen molar-refractivity contribution in [3.8, 4) is 0 Å². The molecular formula is C17H14O2. The molecule has 2 aromatic carbocycles. The Morgan fingerprint density at radius 3 is 2.37 bits per heavy atom. The van der Waals surface area contributed by atoms with Gasteiger partial charge in [-0.3, -0.25) is 9.59 Å². The van der Waals surface area contributed by atoms with Crippen LogP contribution in [0.1, 0.15) is 29.8 Å².